The van der Waals surface area contributed by atoms with Crippen molar-refractivity contribution < 1.29 is 9.53 Å². The lowest BCUT2D eigenvalue weighted by atomic mass is 10.1. The molecule has 1 aromatic carbocycles. The van der Waals surface area contributed by atoms with E-state index in [4.69, 9.17) is 16.3 Å². The maximum atomic E-state index is 12.2. The minimum absolute atomic E-state index is 0.0439. The molecule has 0 spiro atoms. The van der Waals surface area contributed by atoms with Crippen LogP contribution in [0.15, 0.2) is 12.1 Å². The zero-order valence-corrected chi connectivity index (χ0v) is 12.8. The highest BCUT2D eigenvalue weighted by Crippen LogP contribution is 2.27. The largest absolute Gasteiger partial charge is 0.483 e. The number of hydrogen-bond acceptors (Lipinski definition) is 3. The molecule has 1 amide bonds. The summed E-state index contributed by atoms with van der Waals surface area (Å²) >= 11 is 5.99. The van der Waals surface area contributed by atoms with Crippen molar-refractivity contribution in [2.75, 3.05) is 32.8 Å². The molecule has 0 atom stereocenters. The predicted molar refractivity (Wildman–Crippen MR) is 80.5 cm³/mol. The lowest BCUT2D eigenvalue weighted by Crippen LogP contribution is -2.37. The number of ether oxygens (including phenoxy) is 1. The quantitative estimate of drug-likeness (QED) is 0.929. The monoisotopic (exact) mass is 296 g/mol. The van der Waals surface area contributed by atoms with Crippen LogP contribution in [0.1, 0.15) is 17.5 Å². The van der Waals surface area contributed by atoms with Gasteiger partial charge in [-0.1, -0.05) is 11.6 Å². The molecule has 0 saturated carbocycles. The second-order valence-electron chi connectivity index (χ2n) is 5.14. The number of carbonyl (C=O) groups is 1. The summed E-state index contributed by atoms with van der Waals surface area (Å²) < 4.78 is 5.71. The van der Waals surface area contributed by atoms with Crippen LogP contribution >= 0.6 is 11.6 Å². The Bertz CT molecular complexity index is 460. The first-order valence-electron chi connectivity index (χ1n) is 6.96. The van der Waals surface area contributed by atoms with Gasteiger partial charge in [0.2, 0.25) is 0 Å². The molecule has 1 aliphatic heterocycles. The molecule has 0 radical (unpaired) electrons. The molecule has 5 heteroatoms. The Morgan fingerprint density at radius 1 is 1.30 bits per heavy atom. The number of rotatable bonds is 3. The molecular weight excluding hydrogens is 276 g/mol. The Morgan fingerprint density at radius 2 is 2.00 bits per heavy atom. The summed E-state index contributed by atoms with van der Waals surface area (Å²) in [6.07, 6.45) is 0.991. The fraction of sp³-hybridized carbons (Fsp3) is 0.533. The summed E-state index contributed by atoms with van der Waals surface area (Å²) in [5.74, 6) is 0.804. The van der Waals surface area contributed by atoms with E-state index in [0.29, 0.717) is 5.02 Å². The van der Waals surface area contributed by atoms with Crippen LogP contribution in [-0.2, 0) is 4.79 Å². The number of amides is 1. The van der Waals surface area contributed by atoms with Gasteiger partial charge in [-0.2, -0.15) is 0 Å². The van der Waals surface area contributed by atoms with Gasteiger partial charge < -0.3 is 15.0 Å². The number of benzene rings is 1. The van der Waals surface area contributed by atoms with Crippen LogP contribution in [0.2, 0.25) is 5.02 Å². The van der Waals surface area contributed by atoms with Crippen LogP contribution in [0.3, 0.4) is 0 Å². The fourth-order valence-corrected chi connectivity index (χ4v) is 2.77. The van der Waals surface area contributed by atoms with Gasteiger partial charge in [-0.15, -0.1) is 0 Å². The van der Waals surface area contributed by atoms with Crippen molar-refractivity contribution in [3.8, 4) is 5.75 Å². The van der Waals surface area contributed by atoms with Crippen molar-refractivity contribution in [1.82, 2.24) is 10.2 Å². The minimum Gasteiger partial charge on any atom is -0.483 e. The number of carbonyl (C=O) groups excluding carboxylic acids is 1. The maximum Gasteiger partial charge on any atom is 0.260 e. The van der Waals surface area contributed by atoms with Crippen LogP contribution in [0.4, 0.5) is 0 Å². The van der Waals surface area contributed by atoms with Gasteiger partial charge in [-0.25, -0.2) is 0 Å². The SMILES string of the molecule is Cc1cc(Cl)cc(C)c1OCC(=O)N1CCCNCC1. The molecule has 0 unspecified atom stereocenters. The Kier molecular flexibility index (Phi) is 5.26. The highest BCUT2D eigenvalue weighted by atomic mass is 35.5. The Balaban J connectivity index is 1.96. The molecule has 0 aromatic heterocycles. The van der Waals surface area contributed by atoms with Crippen molar-refractivity contribution in [2.24, 2.45) is 0 Å². The standard InChI is InChI=1S/C15H21ClN2O2/c1-11-8-13(16)9-12(2)15(11)20-10-14(19)18-6-3-4-17-5-7-18/h8-9,17H,3-7,10H2,1-2H3. The van der Waals surface area contributed by atoms with Crippen LogP contribution in [-0.4, -0.2) is 43.6 Å². The molecule has 0 bridgehead atoms. The highest BCUT2D eigenvalue weighted by molar-refractivity contribution is 6.30. The van der Waals surface area contributed by atoms with Gasteiger partial charge in [-0.3, -0.25) is 4.79 Å². The highest BCUT2D eigenvalue weighted by Gasteiger charge is 2.16. The third-order valence-corrected chi connectivity index (χ3v) is 3.68. The molecule has 1 N–H and O–H groups in total. The van der Waals surface area contributed by atoms with E-state index in [1.807, 2.05) is 30.9 Å². The van der Waals surface area contributed by atoms with Gasteiger partial charge in [-0.05, 0) is 50.1 Å². The summed E-state index contributed by atoms with van der Waals surface area (Å²) in [6, 6.07) is 3.70. The summed E-state index contributed by atoms with van der Waals surface area (Å²) in [6.45, 7) is 7.34. The lowest BCUT2D eigenvalue weighted by molar-refractivity contribution is -0.133. The maximum absolute atomic E-state index is 12.2. The molecular formula is C15H21ClN2O2. The number of halogens is 1. The van der Waals surface area contributed by atoms with Crippen molar-refractivity contribution in [3.05, 3.63) is 28.3 Å². The third kappa shape index (κ3) is 3.87. The van der Waals surface area contributed by atoms with E-state index in [-0.39, 0.29) is 12.5 Å². The second-order valence-corrected chi connectivity index (χ2v) is 5.58. The predicted octanol–water partition coefficient (Wildman–Crippen LogP) is 2.16. The number of nitrogens with zero attached hydrogens (tertiary/aromatic N) is 1. The van der Waals surface area contributed by atoms with Gasteiger partial charge in [0.15, 0.2) is 6.61 Å². The zero-order chi connectivity index (χ0) is 14.5. The molecule has 4 nitrogen and oxygen atoms in total. The number of nitrogens with one attached hydrogen (secondary N) is 1. The van der Waals surface area contributed by atoms with E-state index in [0.717, 1.165) is 49.5 Å². The van der Waals surface area contributed by atoms with Crippen LogP contribution in [0, 0.1) is 13.8 Å². The first-order chi connectivity index (χ1) is 9.58. The van der Waals surface area contributed by atoms with Crippen LogP contribution in [0.25, 0.3) is 0 Å². The Morgan fingerprint density at radius 3 is 2.70 bits per heavy atom. The molecule has 1 saturated heterocycles. The summed E-state index contributed by atoms with van der Waals surface area (Å²) in [4.78, 5) is 14.0. The first kappa shape index (κ1) is 15.1. The van der Waals surface area contributed by atoms with E-state index in [9.17, 15) is 4.79 Å². The first-order valence-corrected chi connectivity index (χ1v) is 7.34. The van der Waals surface area contributed by atoms with Crippen LogP contribution in [0.5, 0.6) is 5.75 Å². The van der Waals surface area contributed by atoms with Crippen molar-refractivity contribution >= 4 is 17.5 Å². The Labute approximate surface area is 125 Å². The average molecular weight is 297 g/mol. The Hall–Kier alpha value is -1.26. The van der Waals surface area contributed by atoms with Crippen molar-refractivity contribution in [2.45, 2.75) is 20.3 Å². The van der Waals surface area contributed by atoms with Crippen molar-refractivity contribution in [1.29, 1.82) is 0 Å². The summed E-state index contributed by atoms with van der Waals surface area (Å²) in [5, 5.41) is 3.97. The van der Waals surface area contributed by atoms with Gasteiger partial charge >= 0.3 is 0 Å². The van der Waals surface area contributed by atoms with E-state index in [1.54, 1.807) is 0 Å². The topological polar surface area (TPSA) is 41.6 Å². The molecule has 110 valence electrons. The van der Waals surface area contributed by atoms with E-state index in [2.05, 4.69) is 5.32 Å². The minimum atomic E-state index is 0.0439. The van der Waals surface area contributed by atoms with E-state index < -0.39 is 0 Å². The molecule has 2 rings (SSSR count). The molecule has 20 heavy (non-hydrogen) atoms. The van der Waals surface area contributed by atoms with E-state index in [1.165, 1.54) is 0 Å². The average Bonchev–Trinajstić information content (AvgIpc) is 2.66. The van der Waals surface area contributed by atoms with Gasteiger partial charge in [0, 0.05) is 24.7 Å². The lowest BCUT2D eigenvalue weighted by Gasteiger charge is -2.21. The molecule has 1 aliphatic rings. The third-order valence-electron chi connectivity index (χ3n) is 3.46. The van der Waals surface area contributed by atoms with Crippen molar-refractivity contribution in [3.63, 3.8) is 0 Å². The van der Waals surface area contributed by atoms with Gasteiger partial charge in [0.05, 0.1) is 0 Å². The second kappa shape index (κ2) is 6.95. The van der Waals surface area contributed by atoms with E-state index >= 15 is 0 Å². The van der Waals surface area contributed by atoms with Gasteiger partial charge in [0.25, 0.3) is 5.91 Å². The molecule has 1 heterocycles. The zero-order valence-electron chi connectivity index (χ0n) is 12.0. The molecule has 0 aliphatic carbocycles. The molecule has 1 fully saturated rings. The fourth-order valence-electron chi connectivity index (χ4n) is 2.45. The van der Waals surface area contributed by atoms with Gasteiger partial charge in [0.1, 0.15) is 5.75 Å². The summed E-state index contributed by atoms with van der Waals surface area (Å²) in [5.41, 5.74) is 1.92. The van der Waals surface area contributed by atoms with Crippen LogP contribution < -0.4 is 10.1 Å². The number of hydrogen-bond donors (Lipinski definition) is 1. The number of aryl methyl sites for hydroxylation is 2. The smallest absolute Gasteiger partial charge is 0.260 e. The normalized spacial score (nSPS) is 15.8. The molecule has 1 aromatic rings. The summed E-state index contributed by atoms with van der Waals surface area (Å²) in [7, 11) is 0.